The van der Waals surface area contributed by atoms with Crippen molar-refractivity contribution in [2.75, 3.05) is 52.7 Å². The Bertz CT molecular complexity index is 473. The zero-order valence-electron chi connectivity index (χ0n) is 13.1. The molecule has 0 saturated heterocycles. The van der Waals surface area contributed by atoms with E-state index in [1.54, 1.807) is 0 Å². The third-order valence-electron chi connectivity index (χ3n) is 2.76. The van der Waals surface area contributed by atoms with Gasteiger partial charge in [0.05, 0.1) is 33.0 Å². The highest BCUT2D eigenvalue weighted by Gasteiger charge is 2.22. The minimum absolute atomic E-state index is 0.192. The molecule has 0 aromatic carbocycles. The van der Waals surface area contributed by atoms with Crippen molar-refractivity contribution in [3.63, 3.8) is 0 Å². The van der Waals surface area contributed by atoms with Gasteiger partial charge in [0.15, 0.2) is 0 Å². The highest BCUT2D eigenvalue weighted by Crippen LogP contribution is 2.02. The monoisotopic (exact) mass is 344 g/mol. The summed E-state index contributed by atoms with van der Waals surface area (Å²) in [5.41, 5.74) is 0. The van der Waals surface area contributed by atoms with Gasteiger partial charge >= 0.3 is 5.97 Å². The van der Waals surface area contributed by atoms with Crippen LogP contribution in [0, 0.1) is 0 Å². The molecule has 24 heavy (non-hydrogen) atoms. The highest BCUT2D eigenvalue weighted by molar-refractivity contribution is 6.12. The molecule has 10 heteroatoms. The first-order valence-corrected chi connectivity index (χ1v) is 7.26. The van der Waals surface area contributed by atoms with E-state index < -0.39 is 18.5 Å². The number of hydrogen-bond donors (Lipinski definition) is 2. The third-order valence-corrected chi connectivity index (χ3v) is 2.76. The Morgan fingerprint density at radius 2 is 1.58 bits per heavy atom. The van der Waals surface area contributed by atoms with Crippen molar-refractivity contribution >= 4 is 23.7 Å². The molecule has 1 rings (SSSR count). The second-order valence-electron chi connectivity index (χ2n) is 4.62. The van der Waals surface area contributed by atoms with E-state index in [-0.39, 0.29) is 44.7 Å². The molecule has 0 unspecified atom stereocenters. The Labute approximate surface area is 138 Å². The van der Waals surface area contributed by atoms with Gasteiger partial charge in [0, 0.05) is 18.7 Å². The van der Waals surface area contributed by atoms with E-state index in [1.807, 2.05) is 0 Å². The highest BCUT2D eigenvalue weighted by atomic mass is 16.5. The van der Waals surface area contributed by atoms with E-state index in [0.717, 1.165) is 4.90 Å². The minimum Gasteiger partial charge on any atom is -0.480 e. The van der Waals surface area contributed by atoms with Crippen LogP contribution in [0.2, 0.25) is 0 Å². The lowest BCUT2D eigenvalue weighted by Gasteiger charge is -2.13. The van der Waals surface area contributed by atoms with Crippen molar-refractivity contribution in [3.05, 3.63) is 12.2 Å². The summed E-state index contributed by atoms with van der Waals surface area (Å²) in [4.78, 5) is 44.9. The van der Waals surface area contributed by atoms with Crippen LogP contribution in [0.5, 0.6) is 0 Å². The number of hydrogen-bond acceptors (Lipinski definition) is 7. The van der Waals surface area contributed by atoms with Gasteiger partial charge in [0.25, 0.3) is 11.8 Å². The molecule has 3 amide bonds. The fraction of sp³-hybridized carbons (Fsp3) is 0.571. The van der Waals surface area contributed by atoms with E-state index in [4.69, 9.17) is 14.6 Å². The summed E-state index contributed by atoms with van der Waals surface area (Å²) in [6, 6.07) is 0. The van der Waals surface area contributed by atoms with Gasteiger partial charge in [0.1, 0.15) is 13.2 Å². The molecule has 2 N–H and O–H groups in total. The minimum atomic E-state index is -1.14. The normalized spacial score (nSPS) is 13.6. The number of nitrogens with one attached hydrogen (secondary N) is 1. The van der Waals surface area contributed by atoms with Gasteiger partial charge in [-0.2, -0.15) is 0 Å². The lowest BCUT2D eigenvalue weighted by Crippen LogP contribution is -2.33. The molecule has 0 saturated carbocycles. The standard InChI is InChI=1S/C14H20N2O8/c17-11(9-24-10-14(20)21)15-3-5-22-7-8-23-6-4-16-12(18)1-2-13(16)19/h1-2H,3-10H2,(H,15,17)(H,20,21). The van der Waals surface area contributed by atoms with Crippen molar-refractivity contribution in [2.24, 2.45) is 0 Å². The van der Waals surface area contributed by atoms with Crippen molar-refractivity contribution < 1.29 is 38.5 Å². The molecule has 0 radical (unpaired) electrons. The zero-order chi connectivity index (χ0) is 17.8. The predicted octanol–water partition coefficient (Wildman–Crippen LogP) is -1.84. The summed E-state index contributed by atoms with van der Waals surface area (Å²) < 4.78 is 15.0. The van der Waals surface area contributed by atoms with Crippen LogP contribution in [0.1, 0.15) is 0 Å². The van der Waals surface area contributed by atoms with Crippen LogP contribution in [0.3, 0.4) is 0 Å². The number of aliphatic carboxylic acids is 1. The molecule has 0 aromatic rings. The number of carboxylic acid groups (broad SMARTS) is 1. The molecule has 0 bridgehead atoms. The van der Waals surface area contributed by atoms with Crippen molar-refractivity contribution in [3.8, 4) is 0 Å². The van der Waals surface area contributed by atoms with Gasteiger partial charge in [-0.05, 0) is 0 Å². The zero-order valence-corrected chi connectivity index (χ0v) is 13.1. The fourth-order valence-electron chi connectivity index (χ4n) is 1.67. The van der Waals surface area contributed by atoms with Crippen molar-refractivity contribution in [1.82, 2.24) is 10.2 Å². The summed E-state index contributed by atoms with van der Waals surface area (Å²) in [5.74, 6) is -2.25. The molecule has 10 nitrogen and oxygen atoms in total. The smallest absolute Gasteiger partial charge is 0.329 e. The topological polar surface area (TPSA) is 131 Å². The number of rotatable bonds is 13. The molecule has 1 aliphatic rings. The molecule has 1 heterocycles. The number of imide groups is 1. The van der Waals surface area contributed by atoms with Crippen LogP contribution in [0.25, 0.3) is 0 Å². The fourth-order valence-corrected chi connectivity index (χ4v) is 1.67. The first-order chi connectivity index (χ1) is 11.5. The Morgan fingerprint density at radius 1 is 0.958 bits per heavy atom. The Balaban J connectivity index is 1.87. The average molecular weight is 344 g/mol. The molecular weight excluding hydrogens is 324 g/mol. The molecule has 1 aliphatic heterocycles. The van der Waals surface area contributed by atoms with E-state index >= 15 is 0 Å². The second-order valence-corrected chi connectivity index (χ2v) is 4.62. The van der Waals surface area contributed by atoms with Gasteiger partial charge in [-0.1, -0.05) is 0 Å². The summed E-state index contributed by atoms with van der Waals surface area (Å²) >= 11 is 0. The van der Waals surface area contributed by atoms with Crippen LogP contribution >= 0.6 is 0 Å². The first kappa shape index (κ1) is 19.7. The molecule has 134 valence electrons. The maximum Gasteiger partial charge on any atom is 0.329 e. The van der Waals surface area contributed by atoms with Crippen molar-refractivity contribution in [2.45, 2.75) is 0 Å². The van der Waals surface area contributed by atoms with Crippen LogP contribution in [0.15, 0.2) is 12.2 Å². The maximum absolute atomic E-state index is 11.2. The van der Waals surface area contributed by atoms with Crippen molar-refractivity contribution in [1.29, 1.82) is 0 Å². The van der Waals surface area contributed by atoms with Crippen LogP contribution in [-0.2, 0) is 33.4 Å². The molecule has 0 aliphatic carbocycles. The lowest BCUT2D eigenvalue weighted by molar-refractivity contribution is -0.144. The summed E-state index contributed by atoms with van der Waals surface area (Å²) in [5, 5.41) is 10.8. The first-order valence-electron chi connectivity index (χ1n) is 7.26. The number of carboxylic acids is 1. The summed E-state index contributed by atoms with van der Waals surface area (Å²) in [6.45, 7) is 0.686. The van der Waals surface area contributed by atoms with Crippen LogP contribution < -0.4 is 5.32 Å². The van der Waals surface area contributed by atoms with E-state index in [2.05, 4.69) is 10.1 Å². The number of nitrogens with zero attached hydrogens (tertiary/aromatic N) is 1. The van der Waals surface area contributed by atoms with E-state index in [0.29, 0.717) is 13.2 Å². The van der Waals surface area contributed by atoms with E-state index in [1.165, 1.54) is 12.2 Å². The number of carbonyl (C=O) groups excluding carboxylic acids is 3. The number of ether oxygens (including phenoxy) is 3. The molecule has 0 atom stereocenters. The Morgan fingerprint density at radius 3 is 2.21 bits per heavy atom. The molecule has 0 aromatic heterocycles. The van der Waals surface area contributed by atoms with Gasteiger partial charge in [-0.25, -0.2) is 4.79 Å². The van der Waals surface area contributed by atoms with Crippen LogP contribution in [-0.4, -0.2) is 86.4 Å². The molecule has 0 fully saturated rings. The second kappa shape index (κ2) is 11.3. The number of carbonyl (C=O) groups is 4. The molecular formula is C14H20N2O8. The largest absolute Gasteiger partial charge is 0.480 e. The predicted molar refractivity (Wildman–Crippen MR) is 79.0 cm³/mol. The van der Waals surface area contributed by atoms with Gasteiger partial charge in [-0.3, -0.25) is 19.3 Å². The Hall–Kier alpha value is -2.30. The summed E-state index contributed by atoms with van der Waals surface area (Å²) in [7, 11) is 0. The Kier molecular flexibility index (Phi) is 9.27. The quantitative estimate of drug-likeness (QED) is 0.294. The van der Waals surface area contributed by atoms with Gasteiger partial charge < -0.3 is 24.6 Å². The van der Waals surface area contributed by atoms with Gasteiger partial charge in [-0.15, -0.1) is 0 Å². The molecule has 0 spiro atoms. The third kappa shape index (κ3) is 8.36. The van der Waals surface area contributed by atoms with Gasteiger partial charge in [0.2, 0.25) is 5.91 Å². The average Bonchev–Trinajstić information content (AvgIpc) is 2.84. The number of amides is 3. The summed E-state index contributed by atoms with van der Waals surface area (Å²) in [6.07, 6.45) is 2.43. The maximum atomic E-state index is 11.2. The SMILES string of the molecule is O=C(O)COCC(=O)NCCOCCOCCN1C(=O)C=CC1=O. The van der Waals surface area contributed by atoms with E-state index in [9.17, 15) is 19.2 Å². The lowest BCUT2D eigenvalue weighted by atomic mass is 10.5. The van der Waals surface area contributed by atoms with Crippen LogP contribution in [0.4, 0.5) is 0 Å².